The van der Waals surface area contributed by atoms with Gasteiger partial charge in [0.2, 0.25) is 0 Å². The molecule has 0 aliphatic carbocycles. The van der Waals surface area contributed by atoms with Crippen LogP contribution in [0.25, 0.3) is 0 Å². The highest BCUT2D eigenvalue weighted by molar-refractivity contribution is 6.42. The summed E-state index contributed by atoms with van der Waals surface area (Å²) in [4.78, 5) is 0. The average Bonchev–Trinajstić information content (AvgIpc) is 2.80. The number of benzene rings is 1. The van der Waals surface area contributed by atoms with Crippen molar-refractivity contribution in [2.75, 3.05) is 0 Å². The maximum absolute atomic E-state index is 10.2. The monoisotopic (exact) mass is 270 g/mol. The van der Waals surface area contributed by atoms with E-state index >= 15 is 0 Å². The molecular formula is C12H12Cl2N2O. The molecule has 17 heavy (non-hydrogen) atoms. The van der Waals surface area contributed by atoms with Crippen molar-refractivity contribution in [1.82, 2.24) is 9.78 Å². The summed E-state index contributed by atoms with van der Waals surface area (Å²) in [7, 11) is 0. The van der Waals surface area contributed by atoms with Crippen LogP contribution in [0.15, 0.2) is 30.5 Å². The van der Waals surface area contributed by atoms with Crippen LogP contribution in [0.1, 0.15) is 24.3 Å². The number of aliphatic hydroxyl groups excluding tert-OH is 1. The molecule has 3 nitrogen and oxygen atoms in total. The Kier molecular flexibility index (Phi) is 3.72. The first kappa shape index (κ1) is 12.4. The van der Waals surface area contributed by atoms with Crippen molar-refractivity contribution in [3.8, 4) is 0 Å². The van der Waals surface area contributed by atoms with Crippen molar-refractivity contribution < 1.29 is 5.11 Å². The van der Waals surface area contributed by atoms with Gasteiger partial charge in [0, 0.05) is 12.7 Å². The Morgan fingerprint density at radius 2 is 2.06 bits per heavy atom. The highest BCUT2D eigenvalue weighted by Gasteiger charge is 2.15. The van der Waals surface area contributed by atoms with Crippen LogP contribution in [0.5, 0.6) is 0 Å². The summed E-state index contributed by atoms with van der Waals surface area (Å²) in [5.74, 6) is 0. The minimum Gasteiger partial charge on any atom is -0.382 e. The lowest BCUT2D eigenvalue weighted by molar-refractivity contribution is 0.208. The van der Waals surface area contributed by atoms with E-state index in [-0.39, 0.29) is 0 Å². The predicted octanol–water partition coefficient (Wildman–Crippen LogP) is 3.29. The third-order valence-electron chi connectivity index (χ3n) is 2.59. The summed E-state index contributed by atoms with van der Waals surface area (Å²) in [5, 5.41) is 15.3. The highest BCUT2D eigenvalue weighted by Crippen LogP contribution is 2.28. The van der Waals surface area contributed by atoms with E-state index in [0.29, 0.717) is 22.2 Å². The number of aryl methyl sites for hydroxylation is 1. The zero-order valence-corrected chi connectivity index (χ0v) is 10.8. The molecule has 90 valence electrons. The molecule has 1 aromatic heterocycles. The minimum atomic E-state index is -0.743. The van der Waals surface area contributed by atoms with Crippen molar-refractivity contribution in [2.24, 2.45) is 0 Å². The summed E-state index contributed by atoms with van der Waals surface area (Å²) in [6.07, 6.45) is 0.923. The Bertz CT molecular complexity index is 525. The fourth-order valence-corrected chi connectivity index (χ4v) is 2.00. The second-order valence-corrected chi connectivity index (χ2v) is 4.46. The quantitative estimate of drug-likeness (QED) is 0.930. The number of rotatable bonds is 3. The SMILES string of the molecule is CCn1nccc1C(O)c1ccc(Cl)c(Cl)c1. The smallest absolute Gasteiger partial charge is 0.121 e. The molecule has 2 rings (SSSR count). The zero-order valence-electron chi connectivity index (χ0n) is 9.27. The molecule has 0 aliphatic rings. The largest absolute Gasteiger partial charge is 0.382 e. The first-order chi connectivity index (χ1) is 8.13. The Morgan fingerprint density at radius 1 is 1.29 bits per heavy atom. The standard InChI is InChI=1S/C12H12Cl2N2O/c1-2-16-11(5-6-15-16)12(17)8-3-4-9(13)10(14)7-8/h3-7,12,17H,2H2,1H3. The fourth-order valence-electron chi connectivity index (χ4n) is 1.69. The first-order valence-electron chi connectivity index (χ1n) is 5.28. The van der Waals surface area contributed by atoms with Crippen molar-refractivity contribution in [3.05, 3.63) is 51.8 Å². The Balaban J connectivity index is 2.36. The van der Waals surface area contributed by atoms with Gasteiger partial charge in [-0.25, -0.2) is 0 Å². The van der Waals surface area contributed by atoms with Crippen molar-refractivity contribution >= 4 is 23.2 Å². The van der Waals surface area contributed by atoms with Gasteiger partial charge in [-0.3, -0.25) is 4.68 Å². The predicted molar refractivity (Wildman–Crippen MR) is 68.4 cm³/mol. The van der Waals surface area contributed by atoms with E-state index in [1.807, 2.05) is 6.92 Å². The Labute approximate surface area is 110 Å². The van der Waals surface area contributed by atoms with Crippen molar-refractivity contribution in [2.45, 2.75) is 19.6 Å². The Morgan fingerprint density at radius 3 is 2.71 bits per heavy atom. The summed E-state index contributed by atoms with van der Waals surface area (Å²) in [6, 6.07) is 6.89. The number of aromatic nitrogens is 2. The molecule has 1 heterocycles. The summed E-state index contributed by atoms with van der Waals surface area (Å²) in [6.45, 7) is 2.68. The number of halogens is 2. The molecule has 0 saturated heterocycles. The third-order valence-corrected chi connectivity index (χ3v) is 3.33. The molecule has 2 aromatic rings. The van der Waals surface area contributed by atoms with Crippen LogP contribution in [0.2, 0.25) is 10.0 Å². The highest BCUT2D eigenvalue weighted by atomic mass is 35.5. The molecule has 1 atom stereocenters. The van der Waals surface area contributed by atoms with Gasteiger partial charge in [0.1, 0.15) is 6.10 Å². The summed E-state index contributed by atoms with van der Waals surface area (Å²) >= 11 is 11.8. The lowest BCUT2D eigenvalue weighted by Gasteiger charge is -2.13. The van der Waals surface area contributed by atoms with E-state index in [1.54, 1.807) is 35.1 Å². The van der Waals surface area contributed by atoms with Crippen molar-refractivity contribution in [3.63, 3.8) is 0 Å². The molecule has 0 bridgehead atoms. The van der Waals surface area contributed by atoms with Crippen LogP contribution in [-0.2, 0) is 6.54 Å². The van der Waals surface area contributed by atoms with E-state index in [0.717, 1.165) is 5.69 Å². The van der Waals surface area contributed by atoms with Crippen LogP contribution in [-0.4, -0.2) is 14.9 Å². The Hall–Kier alpha value is -1.03. The minimum absolute atomic E-state index is 0.436. The molecule has 0 saturated carbocycles. The van der Waals surface area contributed by atoms with Gasteiger partial charge in [-0.2, -0.15) is 5.10 Å². The molecule has 1 aromatic carbocycles. The van der Waals surface area contributed by atoms with Crippen LogP contribution in [0.3, 0.4) is 0 Å². The van der Waals surface area contributed by atoms with Gasteiger partial charge in [0.25, 0.3) is 0 Å². The molecular weight excluding hydrogens is 259 g/mol. The number of hydrogen-bond donors (Lipinski definition) is 1. The normalized spacial score (nSPS) is 12.7. The first-order valence-corrected chi connectivity index (χ1v) is 6.03. The van der Waals surface area contributed by atoms with E-state index < -0.39 is 6.10 Å². The number of hydrogen-bond acceptors (Lipinski definition) is 2. The molecule has 0 radical (unpaired) electrons. The van der Waals surface area contributed by atoms with Crippen LogP contribution in [0, 0.1) is 0 Å². The lowest BCUT2D eigenvalue weighted by Crippen LogP contribution is -2.09. The van der Waals surface area contributed by atoms with Gasteiger partial charge in [-0.05, 0) is 30.7 Å². The fraction of sp³-hybridized carbons (Fsp3) is 0.250. The molecule has 0 aliphatic heterocycles. The van der Waals surface area contributed by atoms with Crippen LogP contribution in [0.4, 0.5) is 0 Å². The van der Waals surface area contributed by atoms with Gasteiger partial charge in [-0.15, -0.1) is 0 Å². The maximum Gasteiger partial charge on any atom is 0.121 e. The number of nitrogens with zero attached hydrogens (tertiary/aromatic N) is 2. The molecule has 1 N–H and O–H groups in total. The van der Waals surface area contributed by atoms with Gasteiger partial charge >= 0.3 is 0 Å². The topological polar surface area (TPSA) is 38.0 Å². The molecule has 0 fully saturated rings. The van der Waals surface area contributed by atoms with Gasteiger partial charge in [-0.1, -0.05) is 29.3 Å². The van der Waals surface area contributed by atoms with E-state index in [9.17, 15) is 5.11 Å². The van der Waals surface area contributed by atoms with E-state index in [4.69, 9.17) is 23.2 Å². The number of aliphatic hydroxyl groups is 1. The third kappa shape index (κ3) is 2.46. The summed E-state index contributed by atoms with van der Waals surface area (Å²) < 4.78 is 1.74. The average molecular weight is 271 g/mol. The summed E-state index contributed by atoms with van der Waals surface area (Å²) in [5.41, 5.74) is 1.44. The molecule has 0 spiro atoms. The van der Waals surface area contributed by atoms with E-state index in [1.165, 1.54) is 0 Å². The van der Waals surface area contributed by atoms with Gasteiger partial charge in [0.05, 0.1) is 15.7 Å². The zero-order chi connectivity index (χ0) is 12.4. The van der Waals surface area contributed by atoms with Crippen molar-refractivity contribution in [1.29, 1.82) is 0 Å². The second-order valence-electron chi connectivity index (χ2n) is 3.65. The van der Waals surface area contributed by atoms with E-state index in [2.05, 4.69) is 5.10 Å². The molecule has 5 heteroatoms. The maximum atomic E-state index is 10.2. The van der Waals surface area contributed by atoms with Crippen LogP contribution >= 0.6 is 23.2 Å². The van der Waals surface area contributed by atoms with Gasteiger partial charge in [0.15, 0.2) is 0 Å². The molecule has 0 amide bonds. The van der Waals surface area contributed by atoms with Gasteiger partial charge < -0.3 is 5.11 Å². The lowest BCUT2D eigenvalue weighted by atomic mass is 10.1. The van der Waals surface area contributed by atoms with Crippen LogP contribution < -0.4 is 0 Å². The molecule has 1 unspecified atom stereocenters. The second kappa shape index (κ2) is 5.08.